The Hall–Kier alpha value is -3.24. The first-order valence-corrected chi connectivity index (χ1v) is 10.6. The largest absolute Gasteiger partial charge is 0.501 e. The zero-order valence-electron chi connectivity index (χ0n) is 18.5. The maximum absolute atomic E-state index is 12.6. The zero-order chi connectivity index (χ0) is 22.8. The van der Waals surface area contributed by atoms with E-state index in [0.717, 1.165) is 45.0 Å². The van der Waals surface area contributed by atoms with Crippen molar-refractivity contribution in [3.05, 3.63) is 53.3 Å². The number of aryl methyl sites for hydroxylation is 1. The van der Waals surface area contributed by atoms with Gasteiger partial charge in [-0.1, -0.05) is 0 Å². The third-order valence-corrected chi connectivity index (χ3v) is 5.01. The van der Waals surface area contributed by atoms with Gasteiger partial charge in [-0.25, -0.2) is 9.78 Å². The Morgan fingerprint density at radius 3 is 2.69 bits per heavy atom. The zero-order valence-corrected chi connectivity index (χ0v) is 18.5. The molecule has 1 aromatic rings. The summed E-state index contributed by atoms with van der Waals surface area (Å²) in [5, 5.41) is 8.34. The van der Waals surface area contributed by atoms with Gasteiger partial charge in [-0.2, -0.15) is 0 Å². The van der Waals surface area contributed by atoms with Crippen molar-refractivity contribution >= 4 is 17.8 Å². The lowest BCUT2D eigenvalue weighted by molar-refractivity contribution is -0.117. The smallest absolute Gasteiger partial charge is 0.324 e. The molecule has 3 N–H and O–H groups in total. The number of amides is 3. The van der Waals surface area contributed by atoms with Crippen LogP contribution in [0.25, 0.3) is 0 Å². The molecule has 1 fully saturated rings. The molecule has 1 aliphatic heterocycles. The molecule has 0 saturated carbocycles. The number of rotatable bonds is 8. The lowest BCUT2D eigenvalue weighted by Crippen LogP contribution is -2.38. The van der Waals surface area contributed by atoms with Gasteiger partial charge < -0.3 is 20.1 Å². The third-order valence-electron chi connectivity index (χ3n) is 5.01. The number of allylic oxidation sites excluding steroid dienone is 2. The van der Waals surface area contributed by atoms with Crippen LogP contribution in [0.5, 0.6) is 0 Å². The second-order valence-electron chi connectivity index (χ2n) is 7.49. The van der Waals surface area contributed by atoms with E-state index < -0.39 is 6.03 Å². The molecule has 2 aliphatic rings. The van der Waals surface area contributed by atoms with Gasteiger partial charge >= 0.3 is 6.03 Å². The summed E-state index contributed by atoms with van der Waals surface area (Å²) in [6.07, 6.45) is 9.32. The molecule has 0 unspecified atom stereocenters. The van der Waals surface area contributed by atoms with Crippen LogP contribution in [0.1, 0.15) is 18.5 Å². The number of nitrogens with zero attached hydrogens (tertiary/aromatic N) is 3. The monoisotopic (exact) mass is 442 g/mol. The first-order valence-electron chi connectivity index (χ1n) is 10.6. The van der Waals surface area contributed by atoms with Crippen molar-refractivity contribution in [1.29, 1.82) is 0 Å². The third kappa shape index (κ3) is 7.47. The number of methoxy groups -OCH3 is 1. The SMILES string of the molecule is COC1=CC(C(=O)NCCCN2CCOCC2)=CC=C(NC(=O)Nc2cnc(C)cn2)C1. The number of hydrogen-bond acceptors (Lipinski definition) is 7. The number of morpholine rings is 1. The van der Waals surface area contributed by atoms with E-state index in [1.165, 1.54) is 13.3 Å². The molecule has 32 heavy (non-hydrogen) atoms. The summed E-state index contributed by atoms with van der Waals surface area (Å²) in [5.41, 5.74) is 1.81. The molecule has 1 aliphatic carbocycles. The minimum atomic E-state index is -0.450. The summed E-state index contributed by atoms with van der Waals surface area (Å²) in [6.45, 7) is 6.73. The summed E-state index contributed by atoms with van der Waals surface area (Å²) >= 11 is 0. The molecule has 0 spiro atoms. The second kappa shape index (κ2) is 12.0. The highest BCUT2D eigenvalue weighted by Crippen LogP contribution is 2.17. The summed E-state index contributed by atoms with van der Waals surface area (Å²) < 4.78 is 10.7. The fourth-order valence-corrected chi connectivity index (χ4v) is 3.25. The van der Waals surface area contributed by atoms with Crippen molar-refractivity contribution in [2.45, 2.75) is 19.8 Å². The van der Waals surface area contributed by atoms with Crippen LogP contribution in [-0.4, -0.2) is 73.3 Å². The fraction of sp³-hybridized carbons (Fsp3) is 0.455. The maximum atomic E-state index is 12.6. The Labute approximate surface area is 187 Å². The summed E-state index contributed by atoms with van der Waals surface area (Å²) in [7, 11) is 1.54. The number of urea groups is 1. The molecule has 0 bridgehead atoms. The summed E-state index contributed by atoms with van der Waals surface area (Å²) in [6, 6.07) is -0.450. The molecular weight excluding hydrogens is 412 g/mol. The average Bonchev–Trinajstić information content (AvgIpc) is 3.01. The number of anilines is 1. The molecule has 10 heteroatoms. The second-order valence-corrected chi connectivity index (χ2v) is 7.49. The lowest BCUT2D eigenvalue weighted by Gasteiger charge is -2.26. The van der Waals surface area contributed by atoms with Gasteiger partial charge in [-0.05, 0) is 38.1 Å². The first-order chi connectivity index (χ1) is 15.5. The minimum absolute atomic E-state index is 0.182. The van der Waals surface area contributed by atoms with E-state index in [4.69, 9.17) is 9.47 Å². The van der Waals surface area contributed by atoms with E-state index in [0.29, 0.717) is 35.8 Å². The molecule has 0 aromatic carbocycles. The Kier molecular flexibility index (Phi) is 8.76. The van der Waals surface area contributed by atoms with Crippen LogP contribution in [0.4, 0.5) is 10.6 Å². The van der Waals surface area contributed by atoms with Crippen LogP contribution in [0, 0.1) is 6.92 Å². The Balaban J connectivity index is 1.52. The topological polar surface area (TPSA) is 118 Å². The molecule has 3 rings (SSSR count). The van der Waals surface area contributed by atoms with Gasteiger partial charge in [0, 0.05) is 37.3 Å². The molecular formula is C22H30N6O4. The predicted molar refractivity (Wildman–Crippen MR) is 120 cm³/mol. The van der Waals surface area contributed by atoms with E-state index in [1.54, 1.807) is 24.4 Å². The Morgan fingerprint density at radius 2 is 1.97 bits per heavy atom. The molecule has 1 saturated heterocycles. The normalized spacial score (nSPS) is 16.8. The van der Waals surface area contributed by atoms with Crippen molar-refractivity contribution in [2.75, 3.05) is 51.8 Å². The highest BCUT2D eigenvalue weighted by atomic mass is 16.5. The maximum Gasteiger partial charge on any atom is 0.324 e. The van der Waals surface area contributed by atoms with E-state index in [1.807, 2.05) is 6.92 Å². The number of hydrogen-bond donors (Lipinski definition) is 3. The van der Waals surface area contributed by atoms with Gasteiger partial charge in [0.05, 0.1) is 38.4 Å². The molecule has 10 nitrogen and oxygen atoms in total. The number of carbonyl (C=O) groups excluding carboxylic acids is 2. The van der Waals surface area contributed by atoms with Gasteiger partial charge in [0.2, 0.25) is 0 Å². The fourth-order valence-electron chi connectivity index (χ4n) is 3.25. The standard InChI is InChI=1S/C22H30N6O4/c1-16-14-25-20(15-24-16)27-22(30)26-18-5-4-17(12-19(13-18)31-2)21(29)23-6-3-7-28-8-10-32-11-9-28/h4-5,12,14-15H,3,6-11,13H2,1-2H3,(H,23,29)(H2,25,26,27,30). The highest BCUT2D eigenvalue weighted by Gasteiger charge is 2.15. The molecule has 3 amide bonds. The van der Waals surface area contributed by atoms with Gasteiger partial charge in [0.25, 0.3) is 5.91 Å². The van der Waals surface area contributed by atoms with Crippen molar-refractivity contribution in [3.63, 3.8) is 0 Å². The van der Waals surface area contributed by atoms with E-state index in [9.17, 15) is 9.59 Å². The van der Waals surface area contributed by atoms with Crippen molar-refractivity contribution < 1.29 is 19.1 Å². The van der Waals surface area contributed by atoms with Crippen LogP contribution >= 0.6 is 0 Å². The van der Waals surface area contributed by atoms with Gasteiger partial charge in [0.15, 0.2) is 5.82 Å². The van der Waals surface area contributed by atoms with Crippen LogP contribution in [0.15, 0.2) is 47.7 Å². The summed E-state index contributed by atoms with van der Waals surface area (Å²) in [5.74, 6) is 0.731. The molecule has 2 heterocycles. The molecule has 0 radical (unpaired) electrons. The Bertz CT molecular complexity index is 888. The number of carbonyl (C=O) groups is 2. The van der Waals surface area contributed by atoms with Crippen molar-refractivity contribution in [1.82, 2.24) is 25.5 Å². The van der Waals surface area contributed by atoms with Crippen molar-refractivity contribution in [3.8, 4) is 0 Å². The lowest BCUT2D eigenvalue weighted by atomic mass is 10.2. The molecule has 172 valence electrons. The highest BCUT2D eigenvalue weighted by molar-refractivity contribution is 5.97. The number of aromatic nitrogens is 2. The van der Waals surface area contributed by atoms with Gasteiger partial charge in [-0.3, -0.25) is 20.0 Å². The van der Waals surface area contributed by atoms with Crippen LogP contribution in [0.3, 0.4) is 0 Å². The number of nitrogens with one attached hydrogen (secondary N) is 3. The van der Waals surface area contributed by atoms with Crippen LogP contribution in [0.2, 0.25) is 0 Å². The van der Waals surface area contributed by atoms with E-state index >= 15 is 0 Å². The molecule has 0 atom stereocenters. The van der Waals surface area contributed by atoms with Crippen LogP contribution in [-0.2, 0) is 14.3 Å². The average molecular weight is 443 g/mol. The minimum Gasteiger partial charge on any atom is -0.501 e. The van der Waals surface area contributed by atoms with Gasteiger partial charge in [0.1, 0.15) is 5.76 Å². The van der Waals surface area contributed by atoms with Crippen LogP contribution < -0.4 is 16.0 Å². The van der Waals surface area contributed by atoms with Gasteiger partial charge in [-0.15, -0.1) is 0 Å². The quantitative estimate of drug-likeness (QED) is 0.522. The van der Waals surface area contributed by atoms with Crippen molar-refractivity contribution in [2.24, 2.45) is 0 Å². The first kappa shape index (κ1) is 23.4. The van der Waals surface area contributed by atoms with E-state index in [2.05, 4.69) is 30.8 Å². The molecule has 1 aromatic heterocycles. The number of ether oxygens (including phenoxy) is 2. The predicted octanol–water partition coefficient (Wildman–Crippen LogP) is 1.49. The Morgan fingerprint density at radius 1 is 1.16 bits per heavy atom. The van der Waals surface area contributed by atoms with E-state index in [-0.39, 0.29) is 5.91 Å². The summed E-state index contributed by atoms with van der Waals surface area (Å²) in [4.78, 5) is 35.4.